The van der Waals surface area contributed by atoms with Crippen LogP contribution in [0.4, 0.5) is 5.82 Å². The van der Waals surface area contributed by atoms with Crippen molar-refractivity contribution in [1.82, 2.24) is 9.97 Å². The van der Waals surface area contributed by atoms with Crippen LogP contribution >= 0.6 is 11.3 Å². The summed E-state index contributed by atoms with van der Waals surface area (Å²) in [6, 6.07) is -0.388. The molecule has 0 saturated heterocycles. The number of esters is 1. The molecule has 0 bridgehead atoms. The predicted octanol–water partition coefficient (Wildman–Crippen LogP) is 3.00. The van der Waals surface area contributed by atoms with E-state index in [4.69, 9.17) is 4.74 Å². The lowest BCUT2D eigenvalue weighted by Crippen LogP contribution is -2.32. The number of hydrogen-bond donors (Lipinski definition) is 1. The minimum atomic E-state index is -0.388. The fourth-order valence-corrected chi connectivity index (χ4v) is 3.02. The zero-order valence-electron chi connectivity index (χ0n) is 12.1. The molecule has 0 aliphatic rings. The predicted molar refractivity (Wildman–Crippen MR) is 81.0 cm³/mol. The third-order valence-electron chi connectivity index (χ3n) is 3.03. The van der Waals surface area contributed by atoms with E-state index in [9.17, 15) is 4.79 Å². The first-order valence-corrected chi connectivity index (χ1v) is 7.44. The summed E-state index contributed by atoms with van der Waals surface area (Å²) in [6.07, 6.45) is 2.22. The Morgan fingerprint density at radius 1 is 1.45 bits per heavy atom. The third-order valence-corrected chi connectivity index (χ3v) is 4.13. The molecular formula is C14H19N3O2S. The van der Waals surface area contributed by atoms with Gasteiger partial charge in [0.05, 0.1) is 17.3 Å². The van der Waals surface area contributed by atoms with E-state index in [2.05, 4.69) is 29.1 Å². The molecule has 20 heavy (non-hydrogen) atoms. The van der Waals surface area contributed by atoms with Crippen molar-refractivity contribution in [2.24, 2.45) is 5.92 Å². The maximum atomic E-state index is 11.9. The number of nitrogens with zero attached hydrogens (tertiary/aromatic N) is 2. The van der Waals surface area contributed by atoms with Crippen molar-refractivity contribution >= 4 is 33.3 Å². The van der Waals surface area contributed by atoms with Gasteiger partial charge in [0, 0.05) is 0 Å². The number of rotatable bonds is 5. The Hall–Kier alpha value is -1.69. The van der Waals surface area contributed by atoms with Crippen LogP contribution in [-0.4, -0.2) is 29.1 Å². The molecule has 2 heterocycles. The molecule has 0 saturated carbocycles. The Bertz CT molecular complexity index is 609. The van der Waals surface area contributed by atoms with Crippen molar-refractivity contribution in [1.29, 1.82) is 0 Å². The molecule has 2 aromatic heterocycles. The molecule has 0 fully saturated rings. The van der Waals surface area contributed by atoms with Gasteiger partial charge < -0.3 is 10.1 Å². The quantitative estimate of drug-likeness (QED) is 0.859. The van der Waals surface area contributed by atoms with E-state index in [0.717, 1.165) is 15.8 Å². The number of thiophene rings is 1. The second-order valence-electron chi connectivity index (χ2n) is 5.17. The van der Waals surface area contributed by atoms with Crippen molar-refractivity contribution in [2.75, 3.05) is 12.4 Å². The smallest absolute Gasteiger partial charge is 0.328 e. The summed E-state index contributed by atoms with van der Waals surface area (Å²) in [5, 5.41) is 5.24. The van der Waals surface area contributed by atoms with Gasteiger partial charge in [-0.1, -0.05) is 13.8 Å². The van der Waals surface area contributed by atoms with Gasteiger partial charge in [0.25, 0.3) is 0 Å². The molecule has 0 aromatic carbocycles. The summed E-state index contributed by atoms with van der Waals surface area (Å²) in [5.74, 6) is 0.817. The van der Waals surface area contributed by atoms with Gasteiger partial charge in [-0.2, -0.15) is 0 Å². The summed E-state index contributed by atoms with van der Waals surface area (Å²) in [7, 11) is 1.40. The SMILES string of the molecule is COC(=O)C(CC(C)C)Nc1ncnc2c(C)csc12. The van der Waals surface area contributed by atoms with Gasteiger partial charge in [-0.25, -0.2) is 14.8 Å². The molecule has 0 spiro atoms. The van der Waals surface area contributed by atoms with Crippen molar-refractivity contribution in [3.05, 3.63) is 17.3 Å². The van der Waals surface area contributed by atoms with E-state index < -0.39 is 0 Å². The van der Waals surface area contributed by atoms with Crippen LogP contribution in [0.25, 0.3) is 10.2 Å². The molecular weight excluding hydrogens is 274 g/mol. The molecule has 0 amide bonds. The number of fused-ring (bicyclic) bond motifs is 1. The number of carbonyl (C=O) groups excluding carboxylic acids is 1. The molecule has 0 radical (unpaired) electrons. The molecule has 1 N–H and O–H groups in total. The number of ether oxygens (including phenoxy) is 1. The van der Waals surface area contributed by atoms with E-state index >= 15 is 0 Å². The highest BCUT2D eigenvalue weighted by atomic mass is 32.1. The van der Waals surface area contributed by atoms with E-state index in [1.807, 2.05) is 12.3 Å². The lowest BCUT2D eigenvalue weighted by atomic mass is 10.0. The molecule has 1 atom stereocenters. The average molecular weight is 293 g/mol. The fraction of sp³-hybridized carbons (Fsp3) is 0.500. The number of aromatic nitrogens is 2. The monoisotopic (exact) mass is 293 g/mol. The minimum Gasteiger partial charge on any atom is -0.467 e. The highest BCUT2D eigenvalue weighted by Gasteiger charge is 2.22. The summed E-state index contributed by atoms with van der Waals surface area (Å²) in [5.41, 5.74) is 2.05. The topological polar surface area (TPSA) is 64.1 Å². The van der Waals surface area contributed by atoms with Crippen molar-refractivity contribution in [2.45, 2.75) is 33.2 Å². The Labute approximate surface area is 122 Å². The van der Waals surface area contributed by atoms with Crippen LogP contribution in [0, 0.1) is 12.8 Å². The molecule has 6 heteroatoms. The second-order valence-corrected chi connectivity index (χ2v) is 6.05. The largest absolute Gasteiger partial charge is 0.467 e. The number of anilines is 1. The van der Waals surface area contributed by atoms with Gasteiger partial charge in [-0.05, 0) is 30.2 Å². The minimum absolute atomic E-state index is 0.265. The maximum Gasteiger partial charge on any atom is 0.328 e. The average Bonchev–Trinajstić information content (AvgIpc) is 2.79. The summed E-state index contributed by atoms with van der Waals surface area (Å²) >= 11 is 1.58. The lowest BCUT2D eigenvalue weighted by Gasteiger charge is -2.18. The van der Waals surface area contributed by atoms with Gasteiger partial charge >= 0.3 is 5.97 Å². The molecule has 2 aromatic rings. The molecule has 2 rings (SSSR count). The number of methoxy groups -OCH3 is 1. The number of hydrogen-bond acceptors (Lipinski definition) is 6. The maximum absolute atomic E-state index is 11.9. The van der Waals surface area contributed by atoms with Crippen LogP contribution in [-0.2, 0) is 9.53 Å². The Kier molecular flexibility index (Phi) is 4.54. The number of nitrogens with one attached hydrogen (secondary N) is 1. The first kappa shape index (κ1) is 14.7. The van der Waals surface area contributed by atoms with Crippen molar-refractivity contribution in [3.8, 4) is 0 Å². The van der Waals surface area contributed by atoms with Crippen LogP contribution in [0.1, 0.15) is 25.8 Å². The van der Waals surface area contributed by atoms with Gasteiger partial charge in [0.2, 0.25) is 0 Å². The van der Waals surface area contributed by atoms with Crippen LogP contribution in [0.15, 0.2) is 11.7 Å². The summed E-state index contributed by atoms with van der Waals surface area (Å²) < 4.78 is 5.84. The van der Waals surface area contributed by atoms with E-state index in [0.29, 0.717) is 18.2 Å². The normalized spacial score (nSPS) is 12.7. The van der Waals surface area contributed by atoms with Crippen LogP contribution in [0.3, 0.4) is 0 Å². The van der Waals surface area contributed by atoms with Gasteiger partial charge in [-0.15, -0.1) is 11.3 Å². The highest BCUT2D eigenvalue weighted by Crippen LogP contribution is 2.29. The van der Waals surface area contributed by atoms with Crippen molar-refractivity contribution < 1.29 is 9.53 Å². The summed E-state index contributed by atoms with van der Waals surface area (Å²) in [4.78, 5) is 20.4. The molecule has 0 aliphatic carbocycles. The first-order valence-electron chi connectivity index (χ1n) is 6.56. The van der Waals surface area contributed by atoms with E-state index in [1.54, 1.807) is 11.3 Å². The Balaban J connectivity index is 2.30. The van der Waals surface area contributed by atoms with Gasteiger partial charge in [0.1, 0.15) is 18.2 Å². The molecule has 5 nitrogen and oxygen atoms in total. The third kappa shape index (κ3) is 3.07. The van der Waals surface area contributed by atoms with Crippen LogP contribution < -0.4 is 5.32 Å². The molecule has 108 valence electrons. The highest BCUT2D eigenvalue weighted by molar-refractivity contribution is 7.18. The second kappa shape index (κ2) is 6.17. The number of aryl methyl sites for hydroxylation is 1. The summed E-state index contributed by atoms with van der Waals surface area (Å²) in [6.45, 7) is 6.16. The van der Waals surface area contributed by atoms with Gasteiger partial charge in [-0.3, -0.25) is 0 Å². The van der Waals surface area contributed by atoms with Crippen LogP contribution in [0.5, 0.6) is 0 Å². The van der Waals surface area contributed by atoms with E-state index in [-0.39, 0.29) is 12.0 Å². The Morgan fingerprint density at radius 2 is 2.20 bits per heavy atom. The molecule has 0 aliphatic heterocycles. The fourth-order valence-electron chi connectivity index (χ4n) is 2.06. The standard InChI is InChI=1S/C14H19N3O2S/c1-8(2)5-10(14(18)19-4)17-13-12-11(15-7-16-13)9(3)6-20-12/h6-8,10H,5H2,1-4H3,(H,15,16,17). The molecule has 1 unspecified atom stereocenters. The van der Waals surface area contributed by atoms with Crippen molar-refractivity contribution in [3.63, 3.8) is 0 Å². The zero-order chi connectivity index (χ0) is 14.7. The van der Waals surface area contributed by atoms with Gasteiger partial charge in [0.15, 0.2) is 0 Å². The van der Waals surface area contributed by atoms with E-state index in [1.165, 1.54) is 13.4 Å². The zero-order valence-corrected chi connectivity index (χ0v) is 13.0. The van der Waals surface area contributed by atoms with Crippen LogP contribution in [0.2, 0.25) is 0 Å². The number of carbonyl (C=O) groups is 1. The lowest BCUT2D eigenvalue weighted by molar-refractivity contribution is -0.141. The Morgan fingerprint density at radius 3 is 2.85 bits per heavy atom. The first-order chi connectivity index (χ1) is 9.52.